The highest BCUT2D eigenvalue weighted by molar-refractivity contribution is 6.05. The minimum absolute atomic E-state index is 0.0136. The number of benzene rings is 1. The van der Waals surface area contributed by atoms with Gasteiger partial charge in [-0.3, -0.25) is 9.48 Å². The number of methoxy groups -OCH3 is 1. The van der Waals surface area contributed by atoms with Crippen molar-refractivity contribution < 1.29 is 19.4 Å². The lowest BCUT2D eigenvalue weighted by Crippen LogP contribution is -2.24. The summed E-state index contributed by atoms with van der Waals surface area (Å²) in [4.78, 5) is 30.5. The number of rotatable bonds is 8. The van der Waals surface area contributed by atoms with Crippen LogP contribution in [-0.4, -0.2) is 52.4 Å². The monoisotopic (exact) mass is 437 g/mol. The summed E-state index contributed by atoms with van der Waals surface area (Å²) in [5, 5.41) is 16.8. The second kappa shape index (κ2) is 9.51. The number of ether oxygens (including phenoxy) is 1. The molecular formula is C23H27N5O4. The number of nitrogens with zero attached hydrogens (tertiary/aromatic N) is 4. The molecule has 0 saturated carbocycles. The van der Waals surface area contributed by atoms with Crippen LogP contribution < -0.4 is 15.0 Å². The van der Waals surface area contributed by atoms with Gasteiger partial charge >= 0.3 is 5.97 Å². The zero-order valence-electron chi connectivity index (χ0n) is 18.8. The van der Waals surface area contributed by atoms with Crippen molar-refractivity contribution in [2.75, 3.05) is 30.9 Å². The summed E-state index contributed by atoms with van der Waals surface area (Å²) >= 11 is 0. The Balaban J connectivity index is 1.76. The maximum Gasteiger partial charge on any atom is 0.339 e. The predicted octanol–water partition coefficient (Wildman–Crippen LogP) is 3.07. The number of hydrogen-bond acceptors (Lipinski definition) is 6. The molecule has 0 aliphatic carbocycles. The Labute approximate surface area is 186 Å². The van der Waals surface area contributed by atoms with Crippen molar-refractivity contribution in [2.24, 2.45) is 7.05 Å². The summed E-state index contributed by atoms with van der Waals surface area (Å²) in [6, 6.07) is 8.04. The highest BCUT2D eigenvalue weighted by atomic mass is 16.5. The highest BCUT2D eigenvalue weighted by Crippen LogP contribution is 2.22. The lowest BCUT2D eigenvalue weighted by Gasteiger charge is -2.20. The molecule has 168 valence electrons. The Morgan fingerprint density at radius 2 is 1.91 bits per heavy atom. The summed E-state index contributed by atoms with van der Waals surface area (Å²) in [6.45, 7) is 4.54. The van der Waals surface area contributed by atoms with Crippen molar-refractivity contribution in [1.82, 2.24) is 14.8 Å². The van der Waals surface area contributed by atoms with E-state index in [1.807, 2.05) is 25.6 Å². The molecule has 2 heterocycles. The number of likely N-dealkylation sites (N-methyl/N-ethyl adjacent to an activating group) is 1. The number of amides is 1. The molecule has 0 atom stereocenters. The van der Waals surface area contributed by atoms with Gasteiger partial charge in [-0.15, -0.1) is 0 Å². The Morgan fingerprint density at radius 3 is 2.47 bits per heavy atom. The smallest absolute Gasteiger partial charge is 0.339 e. The molecule has 0 bridgehead atoms. The van der Waals surface area contributed by atoms with Gasteiger partial charge in [0.2, 0.25) is 0 Å². The number of aromatic carboxylic acids is 1. The first-order chi connectivity index (χ1) is 15.2. The van der Waals surface area contributed by atoms with Crippen LogP contribution in [0.3, 0.4) is 0 Å². The van der Waals surface area contributed by atoms with E-state index in [9.17, 15) is 14.7 Å². The first-order valence-corrected chi connectivity index (χ1v) is 10.1. The summed E-state index contributed by atoms with van der Waals surface area (Å²) in [6.07, 6.45) is 2.17. The molecule has 0 aliphatic rings. The Morgan fingerprint density at radius 1 is 1.22 bits per heavy atom. The third kappa shape index (κ3) is 4.88. The molecule has 2 N–H and O–H groups in total. The van der Waals surface area contributed by atoms with E-state index < -0.39 is 5.97 Å². The molecule has 3 rings (SSSR count). The van der Waals surface area contributed by atoms with Gasteiger partial charge in [-0.1, -0.05) is 0 Å². The van der Waals surface area contributed by atoms with Gasteiger partial charge in [0.15, 0.2) is 0 Å². The standard InChI is InChI=1S/C23H27N5O4/c1-14-19(15(2)28(4)26-14)10-11-27(3)21-20(23(30)31)12-17(13-24-21)25-22(29)16-6-8-18(32-5)9-7-16/h6-9,12-13H,10-11H2,1-5H3,(H,25,29)(H,30,31). The first-order valence-electron chi connectivity index (χ1n) is 10.1. The average Bonchev–Trinajstić information content (AvgIpc) is 3.02. The van der Waals surface area contributed by atoms with E-state index in [0.29, 0.717) is 35.8 Å². The van der Waals surface area contributed by atoms with Crippen molar-refractivity contribution in [2.45, 2.75) is 20.3 Å². The van der Waals surface area contributed by atoms with Gasteiger partial charge in [0, 0.05) is 31.9 Å². The summed E-state index contributed by atoms with van der Waals surface area (Å²) in [5.74, 6) is -0.511. The van der Waals surface area contributed by atoms with E-state index in [-0.39, 0.29) is 11.5 Å². The highest BCUT2D eigenvalue weighted by Gasteiger charge is 2.18. The summed E-state index contributed by atoms with van der Waals surface area (Å²) in [5.41, 5.74) is 3.92. The fraction of sp³-hybridized carbons (Fsp3) is 0.304. The van der Waals surface area contributed by atoms with E-state index in [2.05, 4.69) is 15.4 Å². The van der Waals surface area contributed by atoms with Crippen LogP contribution >= 0.6 is 0 Å². The lowest BCUT2D eigenvalue weighted by molar-refractivity contribution is 0.0696. The summed E-state index contributed by atoms with van der Waals surface area (Å²) < 4.78 is 6.93. The zero-order valence-corrected chi connectivity index (χ0v) is 18.8. The molecule has 9 heteroatoms. The maximum atomic E-state index is 12.5. The van der Waals surface area contributed by atoms with Crippen LogP contribution in [0.5, 0.6) is 5.75 Å². The number of aryl methyl sites for hydroxylation is 2. The van der Waals surface area contributed by atoms with Crippen LogP contribution in [0.15, 0.2) is 36.5 Å². The second-order valence-corrected chi connectivity index (χ2v) is 7.53. The molecule has 0 radical (unpaired) electrons. The Kier molecular flexibility index (Phi) is 6.77. The zero-order chi connectivity index (χ0) is 23.4. The van der Waals surface area contributed by atoms with Crippen molar-refractivity contribution >= 4 is 23.4 Å². The van der Waals surface area contributed by atoms with E-state index in [0.717, 1.165) is 17.0 Å². The molecule has 2 aromatic heterocycles. The van der Waals surface area contributed by atoms with Crippen LogP contribution in [0, 0.1) is 13.8 Å². The maximum absolute atomic E-state index is 12.5. The minimum atomic E-state index is -1.12. The molecule has 3 aromatic rings. The molecule has 1 aromatic carbocycles. The number of pyridine rings is 1. The molecule has 0 unspecified atom stereocenters. The molecule has 0 fully saturated rings. The quantitative estimate of drug-likeness (QED) is 0.557. The number of hydrogen-bond donors (Lipinski definition) is 2. The van der Waals surface area contributed by atoms with Gasteiger partial charge in [-0.25, -0.2) is 9.78 Å². The molecule has 0 spiro atoms. The van der Waals surface area contributed by atoms with Gasteiger partial charge in [0.05, 0.1) is 24.7 Å². The molecule has 0 aliphatic heterocycles. The molecule has 9 nitrogen and oxygen atoms in total. The van der Waals surface area contributed by atoms with Crippen LogP contribution in [0.2, 0.25) is 0 Å². The minimum Gasteiger partial charge on any atom is -0.497 e. The van der Waals surface area contributed by atoms with Gasteiger partial charge in [0.1, 0.15) is 17.1 Å². The largest absolute Gasteiger partial charge is 0.497 e. The molecule has 32 heavy (non-hydrogen) atoms. The Hall–Kier alpha value is -3.88. The van der Waals surface area contributed by atoms with Crippen LogP contribution in [0.1, 0.15) is 37.7 Å². The number of carboxylic acid groups (broad SMARTS) is 1. The lowest BCUT2D eigenvalue weighted by atomic mass is 10.1. The topological polar surface area (TPSA) is 110 Å². The average molecular weight is 438 g/mol. The van der Waals surface area contributed by atoms with Crippen molar-refractivity contribution in [1.29, 1.82) is 0 Å². The van der Waals surface area contributed by atoms with Crippen LogP contribution in [-0.2, 0) is 13.5 Å². The molecule has 0 saturated heterocycles. The van der Waals surface area contributed by atoms with E-state index in [1.54, 1.807) is 43.3 Å². The second-order valence-electron chi connectivity index (χ2n) is 7.53. The van der Waals surface area contributed by atoms with E-state index in [4.69, 9.17) is 4.74 Å². The fourth-order valence-electron chi connectivity index (χ4n) is 3.50. The number of carbonyl (C=O) groups is 2. The number of aromatic nitrogens is 3. The normalized spacial score (nSPS) is 10.7. The SMILES string of the molecule is COc1ccc(C(=O)Nc2cnc(N(C)CCc3c(C)nn(C)c3C)c(C(=O)O)c2)cc1. The fourth-order valence-corrected chi connectivity index (χ4v) is 3.50. The van der Waals surface area contributed by atoms with Crippen molar-refractivity contribution in [3.05, 3.63) is 64.6 Å². The van der Waals surface area contributed by atoms with Crippen molar-refractivity contribution in [3.63, 3.8) is 0 Å². The number of carboxylic acids is 1. The number of carbonyl (C=O) groups excluding carboxylic acids is 1. The van der Waals surface area contributed by atoms with Crippen LogP contribution in [0.4, 0.5) is 11.5 Å². The van der Waals surface area contributed by atoms with Crippen LogP contribution in [0.25, 0.3) is 0 Å². The van der Waals surface area contributed by atoms with E-state index in [1.165, 1.54) is 12.3 Å². The molecular weight excluding hydrogens is 410 g/mol. The van der Waals surface area contributed by atoms with Gasteiger partial charge in [-0.2, -0.15) is 5.10 Å². The first kappa shape index (κ1) is 22.8. The van der Waals surface area contributed by atoms with Crippen molar-refractivity contribution in [3.8, 4) is 5.75 Å². The predicted molar refractivity (Wildman–Crippen MR) is 122 cm³/mol. The third-order valence-electron chi connectivity index (χ3n) is 5.42. The number of anilines is 2. The van der Waals surface area contributed by atoms with Gasteiger partial charge in [0.25, 0.3) is 5.91 Å². The molecule has 1 amide bonds. The third-order valence-corrected chi connectivity index (χ3v) is 5.42. The van der Waals surface area contributed by atoms with E-state index >= 15 is 0 Å². The summed E-state index contributed by atoms with van der Waals surface area (Å²) in [7, 11) is 5.25. The number of nitrogens with one attached hydrogen (secondary N) is 1. The Bertz CT molecular complexity index is 1140. The van der Waals surface area contributed by atoms with Gasteiger partial charge < -0.3 is 20.1 Å². The van der Waals surface area contributed by atoms with Gasteiger partial charge in [-0.05, 0) is 56.2 Å².